The van der Waals surface area contributed by atoms with Gasteiger partial charge in [0.2, 0.25) is 0 Å². The first-order valence-corrected chi connectivity index (χ1v) is 7.51. The number of hydrogen-bond acceptors (Lipinski definition) is 4. The number of nitrogens with two attached hydrogens (primary N) is 1. The van der Waals surface area contributed by atoms with Crippen LogP contribution in [0, 0.1) is 0 Å². The fraction of sp³-hybridized carbons (Fsp3) is 0.357. The van der Waals surface area contributed by atoms with Gasteiger partial charge in [0.05, 0.1) is 11.6 Å². The fourth-order valence-electron chi connectivity index (χ4n) is 1.90. The minimum Gasteiger partial charge on any atom is -0.348 e. The van der Waals surface area contributed by atoms with Crippen LogP contribution >= 0.6 is 22.9 Å². The molecule has 5 heteroatoms. The molecule has 0 spiro atoms. The first-order chi connectivity index (χ1) is 9.13. The van der Waals surface area contributed by atoms with Gasteiger partial charge >= 0.3 is 0 Å². The van der Waals surface area contributed by atoms with Gasteiger partial charge in [0.15, 0.2) is 0 Å². The molecule has 0 unspecified atom stereocenters. The number of halogens is 1. The van der Waals surface area contributed by atoms with E-state index in [1.54, 1.807) is 17.5 Å². The van der Waals surface area contributed by atoms with E-state index in [9.17, 15) is 0 Å². The third-order valence-electron chi connectivity index (χ3n) is 2.97. The molecule has 0 radical (unpaired) electrons. The molecule has 0 fully saturated rings. The lowest BCUT2D eigenvalue weighted by molar-refractivity contribution is 0.676. The summed E-state index contributed by atoms with van der Waals surface area (Å²) in [6, 6.07) is 6.38. The van der Waals surface area contributed by atoms with E-state index in [1.807, 2.05) is 6.07 Å². The lowest BCUT2D eigenvalue weighted by Crippen LogP contribution is -2.31. The first kappa shape index (κ1) is 14.3. The molecule has 0 aliphatic heterocycles. The van der Waals surface area contributed by atoms with E-state index in [4.69, 9.17) is 17.3 Å². The van der Waals surface area contributed by atoms with Gasteiger partial charge in [0.1, 0.15) is 5.82 Å². The zero-order chi connectivity index (χ0) is 13.8. The molecule has 3 nitrogen and oxygen atoms in total. The number of hydrogen-bond donors (Lipinski definition) is 1. The molecule has 0 saturated heterocycles. The van der Waals surface area contributed by atoms with Gasteiger partial charge < -0.3 is 10.6 Å². The van der Waals surface area contributed by atoms with Gasteiger partial charge in [0.25, 0.3) is 0 Å². The molecule has 2 aromatic rings. The minimum atomic E-state index is 0.320. The van der Waals surface area contributed by atoms with Crippen molar-refractivity contribution in [1.29, 1.82) is 0 Å². The van der Waals surface area contributed by atoms with Crippen LogP contribution in [-0.2, 0) is 13.1 Å². The summed E-state index contributed by atoms with van der Waals surface area (Å²) >= 11 is 8.15. The maximum absolute atomic E-state index is 6.41. The molecule has 0 saturated carbocycles. The molecule has 0 atom stereocenters. The number of thiophene rings is 1. The maximum atomic E-state index is 6.41. The van der Waals surface area contributed by atoms with E-state index in [0.717, 1.165) is 17.9 Å². The average Bonchev–Trinajstić information content (AvgIpc) is 2.89. The van der Waals surface area contributed by atoms with Crippen molar-refractivity contribution in [2.45, 2.75) is 33.0 Å². The van der Waals surface area contributed by atoms with Gasteiger partial charge in [0, 0.05) is 23.7 Å². The van der Waals surface area contributed by atoms with E-state index in [2.05, 4.69) is 41.2 Å². The summed E-state index contributed by atoms with van der Waals surface area (Å²) in [4.78, 5) is 7.93. The SMILES string of the molecule is CC(C)N(Cc1cccs1)c1nccc(CN)c1Cl. The van der Waals surface area contributed by atoms with Crippen LogP contribution in [0.15, 0.2) is 29.8 Å². The second-order valence-electron chi connectivity index (χ2n) is 4.61. The van der Waals surface area contributed by atoms with Crippen molar-refractivity contribution in [2.24, 2.45) is 5.73 Å². The Hall–Kier alpha value is -1.10. The highest BCUT2D eigenvalue weighted by molar-refractivity contribution is 7.09. The van der Waals surface area contributed by atoms with E-state index in [1.165, 1.54) is 4.88 Å². The Morgan fingerprint density at radius 1 is 1.42 bits per heavy atom. The Kier molecular flexibility index (Phi) is 4.80. The van der Waals surface area contributed by atoms with Crippen LogP contribution in [0.3, 0.4) is 0 Å². The highest BCUT2D eigenvalue weighted by atomic mass is 35.5. The highest BCUT2D eigenvalue weighted by Gasteiger charge is 2.17. The van der Waals surface area contributed by atoms with Crippen molar-refractivity contribution in [3.63, 3.8) is 0 Å². The molecule has 0 aliphatic rings. The molecule has 0 aromatic carbocycles. The van der Waals surface area contributed by atoms with Gasteiger partial charge in [-0.05, 0) is 36.9 Å². The third-order valence-corrected chi connectivity index (χ3v) is 4.25. The molecule has 0 amide bonds. The average molecular weight is 296 g/mol. The summed E-state index contributed by atoms with van der Waals surface area (Å²) in [6.07, 6.45) is 1.77. The molecular formula is C14H18ClN3S. The molecule has 2 rings (SSSR count). The van der Waals surface area contributed by atoms with Crippen LogP contribution in [0.25, 0.3) is 0 Å². The van der Waals surface area contributed by atoms with Crippen LogP contribution in [0.2, 0.25) is 5.02 Å². The molecule has 2 aromatic heterocycles. The predicted octanol–water partition coefficient (Wildman–Crippen LogP) is 3.67. The second kappa shape index (κ2) is 6.37. The zero-order valence-electron chi connectivity index (χ0n) is 11.1. The van der Waals surface area contributed by atoms with Crippen LogP contribution in [0.5, 0.6) is 0 Å². The monoisotopic (exact) mass is 295 g/mol. The largest absolute Gasteiger partial charge is 0.348 e. The molecule has 0 bridgehead atoms. The molecule has 102 valence electrons. The third kappa shape index (κ3) is 3.26. The number of rotatable bonds is 5. The van der Waals surface area contributed by atoms with E-state index >= 15 is 0 Å². The number of anilines is 1. The summed E-state index contributed by atoms with van der Waals surface area (Å²) in [5.74, 6) is 0.813. The lowest BCUT2D eigenvalue weighted by Gasteiger charge is -2.28. The van der Waals surface area contributed by atoms with E-state index in [0.29, 0.717) is 17.6 Å². The van der Waals surface area contributed by atoms with Crippen LogP contribution in [0.1, 0.15) is 24.3 Å². The topological polar surface area (TPSA) is 42.2 Å². The normalized spacial score (nSPS) is 11.0. The van der Waals surface area contributed by atoms with Gasteiger partial charge in [-0.3, -0.25) is 0 Å². The Labute approximate surface area is 123 Å². The van der Waals surface area contributed by atoms with Crippen molar-refractivity contribution in [3.8, 4) is 0 Å². The zero-order valence-corrected chi connectivity index (χ0v) is 12.7. The van der Waals surface area contributed by atoms with Gasteiger partial charge in [-0.25, -0.2) is 4.98 Å². The van der Waals surface area contributed by atoms with Crippen molar-refractivity contribution in [2.75, 3.05) is 4.90 Å². The highest BCUT2D eigenvalue weighted by Crippen LogP contribution is 2.29. The lowest BCUT2D eigenvalue weighted by atomic mass is 10.2. The van der Waals surface area contributed by atoms with Crippen LogP contribution in [-0.4, -0.2) is 11.0 Å². The minimum absolute atomic E-state index is 0.320. The maximum Gasteiger partial charge on any atom is 0.148 e. The quantitative estimate of drug-likeness (QED) is 0.915. The molecule has 0 aliphatic carbocycles. The van der Waals surface area contributed by atoms with Crippen LogP contribution < -0.4 is 10.6 Å². The first-order valence-electron chi connectivity index (χ1n) is 6.26. The van der Waals surface area contributed by atoms with E-state index in [-0.39, 0.29) is 0 Å². The standard InChI is InChI=1S/C14H18ClN3S/c1-10(2)18(9-12-4-3-7-19-12)14-13(15)11(8-16)5-6-17-14/h3-7,10H,8-9,16H2,1-2H3. The predicted molar refractivity (Wildman–Crippen MR) is 82.8 cm³/mol. The van der Waals surface area contributed by atoms with Crippen molar-refractivity contribution < 1.29 is 0 Å². The summed E-state index contributed by atoms with van der Waals surface area (Å²) < 4.78 is 0. The summed E-state index contributed by atoms with van der Waals surface area (Å²) in [5.41, 5.74) is 6.64. The van der Waals surface area contributed by atoms with E-state index < -0.39 is 0 Å². The Bertz CT molecular complexity index is 525. The Morgan fingerprint density at radius 2 is 2.21 bits per heavy atom. The van der Waals surface area contributed by atoms with Gasteiger partial charge in [-0.1, -0.05) is 17.7 Å². The van der Waals surface area contributed by atoms with Crippen LogP contribution in [0.4, 0.5) is 5.82 Å². The Morgan fingerprint density at radius 3 is 2.79 bits per heavy atom. The summed E-state index contributed by atoms with van der Waals surface area (Å²) in [7, 11) is 0. The number of pyridine rings is 1. The molecular weight excluding hydrogens is 278 g/mol. The summed E-state index contributed by atoms with van der Waals surface area (Å²) in [5, 5.41) is 2.74. The second-order valence-corrected chi connectivity index (χ2v) is 6.02. The van der Waals surface area contributed by atoms with Gasteiger partial charge in [-0.15, -0.1) is 11.3 Å². The van der Waals surface area contributed by atoms with Crippen molar-refractivity contribution >= 4 is 28.8 Å². The molecule has 19 heavy (non-hydrogen) atoms. The molecule has 2 heterocycles. The van der Waals surface area contributed by atoms with Crippen molar-refractivity contribution in [1.82, 2.24) is 4.98 Å². The number of aromatic nitrogens is 1. The smallest absolute Gasteiger partial charge is 0.148 e. The Balaban J connectivity index is 2.34. The molecule has 2 N–H and O–H groups in total. The fourth-order valence-corrected chi connectivity index (χ4v) is 2.90. The van der Waals surface area contributed by atoms with Gasteiger partial charge in [-0.2, -0.15) is 0 Å². The number of nitrogens with zero attached hydrogens (tertiary/aromatic N) is 2. The van der Waals surface area contributed by atoms with Crippen molar-refractivity contribution in [3.05, 3.63) is 45.2 Å². The summed E-state index contributed by atoms with van der Waals surface area (Å²) in [6.45, 7) is 5.52.